The smallest absolute Gasteiger partial charge is 0.318 e. The van der Waals surface area contributed by atoms with Crippen LogP contribution in [-0.4, -0.2) is 42.9 Å². The molecule has 21 heavy (non-hydrogen) atoms. The van der Waals surface area contributed by atoms with Crippen molar-refractivity contribution in [1.29, 1.82) is 0 Å². The van der Waals surface area contributed by atoms with Gasteiger partial charge in [-0.2, -0.15) is 0 Å². The van der Waals surface area contributed by atoms with Crippen molar-refractivity contribution in [2.24, 2.45) is 0 Å². The van der Waals surface area contributed by atoms with Crippen molar-refractivity contribution in [3.8, 4) is 0 Å². The average Bonchev–Trinajstić information content (AvgIpc) is 3.14. The van der Waals surface area contributed by atoms with Crippen LogP contribution in [0.4, 0.5) is 10.5 Å². The van der Waals surface area contributed by atoms with E-state index in [4.69, 9.17) is 11.6 Å². The fourth-order valence-electron chi connectivity index (χ4n) is 2.73. The maximum Gasteiger partial charge on any atom is 0.322 e. The van der Waals surface area contributed by atoms with E-state index in [2.05, 4.69) is 5.32 Å². The summed E-state index contributed by atoms with van der Waals surface area (Å²) < 4.78 is 23.3. The second-order valence-electron chi connectivity index (χ2n) is 5.64. The number of anilines is 1. The van der Waals surface area contributed by atoms with Gasteiger partial charge in [-0.25, -0.2) is 13.2 Å². The number of benzene rings is 1. The predicted octanol–water partition coefficient (Wildman–Crippen LogP) is 2.52. The van der Waals surface area contributed by atoms with Gasteiger partial charge in [0.15, 0.2) is 9.84 Å². The number of nitrogens with one attached hydrogen (secondary N) is 1. The molecule has 5 nitrogen and oxygen atoms in total. The number of halogens is 1. The molecule has 2 aliphatic rings. The zero-order valence-corrected chi connectivity index (χ0v) is 13.0. The largest absolute Gasteiger partial charge is 0.322 e. The normalized spacial score (nSPS) is 23.8. The number of carbonyl (C=O) groups is 1. The van der Waals surface area contributed by atoms with Crippen molar-refractivity contribution < 1.29 is 13.2 Å². The standard InChI is InChI=1S/C14H17ClN2O3S/c15-10-2-1-3-11(8-10)16-14(18)17(12-4-5-12)13-6-7-21(19,20)9-13/h1-3,8,12-13H,4-7,9H2,(H,16,18). The Labute approximate surface area is 129 Å². The average molecular weight is 329 g/mol. The van der Waals surface area contributed by atoms with E-state index < -0.39 is 9.84 Å². The SMILES string of the molecule is O=C(Nc1cccc(Cl)c1)N(C1CC1)C1CCS(=O)(=O)C1. The van der Waals surface area contributed by atoms with Crippen molar-refractivity contribution >= 4 is 33.2 Å². The van der Waals surface area contributed by atoms with Gasteiger partial charge in [0.25, 0.3) is 0 Å². The summed E-state index contributed by atoms with van der Waals surface area (Å²) in [5.74, 6) is 0.248. The zero-order chi connectivity index (χ0) is 15.0. The molecule has 1 aliphatic heterocycles. The van der Waals surface area contributed by atoms with Gasteiger partial charge in [-0.3, -0.25) is 0 Å². The fraction of sp³-hybridized carbons (Fsp3) is 0.500. The van der Waals surface area contributed by atoms with Crippen LogP contribution < -0.4 is 5.32 Å². The predicted molar refractivity (Wildman–Crippen MR) is 82.4 cm³/mol. The van der Waals surface area contributed by atoms with Gasteiger partial charge in [0, 0.05) is 22.8 Å². The van der Waals surface area contributed by atoms with Crippen molar-refractivity contribution in [3.05, 3.63) is 29.3 Å². The fourth-order valence-corrected chi connectivity index (χ4v) is 4.63. The van der Waals surface area contributed by atoms with Crippen LogP contribution in [0.25, 0.3) is 0 Å². The molecule has 3 rings (SSSR count). The first kappa shape index (κ1) is 14.7. The molecular weight excluding hydrogens is 312 g/mol. The van der Waals surface area contributed by atoms with E-state index in [1.807, 2.05) is 0 Å². The van der Waals surface area contributed by atoms with Crippen LogP contribution >= 0.6 is 11.6 Å². The van der Waals surface area contributed by atoms with Crippen molar-refractivity contribution in [2.45, 2.75) is 31.3 Å². The van der Waals surface area contributed by atoms with E-state index in [-0.39, 0.29) is 29.6 Å². The van der Waals surface area contributed by atoms with E-state index >= 15 is 0 Å². The number of urea groups is 1. The van der Waals surface area contributed by atoms with E-state index in [1.54, 1.807) is 29.2 Å². The summed E-state index contributed by atoms with van der Waals surface area (Å²) in [4.78, 5) is 14.2. The molecule has 1 saturated heterocycles. The Hall–Kier alpha value is -1.27. The number of hydrogen-bond donors (Lipinski definition) is 1. The molecule has 0 aromatic heterocycles. The summed E-state index contributed by atoms with van der Waals surface area (Å²) in [6, 6.07) is 6.67. The molecule has 1 unspecified atom stereocenters. The summed E-state index contributed by atoms with van der Waals surface area (Å²) in [6.07, 6.45) is 2.42. The minimum Gasteiger partial charge on any atom is -0.318 e. The quantitative estimate of drug-likeness (QED) is 0.927. The maximum atomic E-state index is 12.5. The number of amides is 2. The molecule has 1 heterocycles. The lowest BCUT2D eigenvalue weighted by Gasteiger charge is -2.28. The molecule has 1 aromatic carbocycles. The van der Waals surface area contributed by atoms with E-state index in [9.17, 15) is 13.2 Å². The monoisotopic (exact) mass is 328 g/mol. The molecule has 0 radical (unpaired) electrons. The minimum absolute atomic E-state index is 0.0759. The van der Waals surface area contributed by atoms with Crippen LogP contribution in [0.1, 0.15) is 19.3 Å². The van der Waals surface area contributed by atoms with Gasteiger partial charge < -0.3 is 10.2 Å². The molecule has 1 aromatic rings. The first-order chi connectivity index (χ1) is 9.94. The topological polar surface area (TPSA) is 66.5 Å². The zero-order valence-electron chi connectivity index (χ0n) is 11.5. The van der Waals surface area contributed by atoms with Gasteiger partial charge in [0.05, 0.1) is 11.5 Å². The molecule has 1 N–H and O–H groups in total. The molecule has 0 bridgehead atoms. The third-order valence-corrected chi connectivity index (χ3v) is 5.84. The van der Waals surface area contributed by atoms with Crippen LogP contribution in [0.15, 0.2) is 24.3 Å². The lowest BCUT2D eigenvalue weighted by atomic mass is 10.2. The Kier molecular flexibility index (Phi) is 3.84. The first-order valence-corrected chi connectivity index (χ1v) is 9.20. The summed E-state index contributed by atoms with van der Waals surface area (Å²) in [7, 11) is -3.00. The second-order valence-corrected chi connectivity index (χ2v) is 8.30. The summed E-state index contributed by atoms with van der Waals surface area (Å²) in [5, 5.41) is 3.37. The highest BCUT2D eigenvalue weighted by Gasteiger charge is 2.42. The number of hydrogen-bond acceptors (Lipinski definition) is 3. The number of rotatable bonds is 3. The lowest BCUT2D eigenvalue weighted by molar-refractivity contribution is 0.190. The third kappa shape index (κ3) is 3.49. The molecule has 2 fully saturated rings. The highest BCUT2D eigenvalue weighted by atomic mass is 35.5. The maximum absolute atomic E-state index is 12.5. The molecule has 1 saturated carbocycles. The van der Waals surface area contributed by atoms with Crippen molar-refractivity contribution in [2.75, 3.05) is 16.8 Å². The highest BCUT2D eigenvalue weighted by molar-refractivity contribution is 7.91. The first-order valence-electron chi connectivity index (χ1n) is 7.00. The van der Waals surface area contributed by atoms with E-state index in [1.165, 1.54) is 0 Å². The number of carbonyl (C=O) groups excluding carboxylic acids is 1. The van der Waals surface area contributed by atoms with Crippen molar-refractivity contribution in [3.63, 3.8) is 0 Å². The lowest BCUT2D eigenvalue weighted by Crippen LogP contribution is -2.45. The van der Waals surface area contributed by atoms with Gasteiger partial charge in [0.2, 0.25) is 0 Å². The summed E-state index contributed by atoms with van der Waals surface area (Å²) >= 11 is 5.90. The summed E-state index contributed by atoms with van der Waals surface area (Å²) in [6.45, 7) is 0. The summed E-state index contributed by atoms with van der Waals surface area (Å²) in [5.41, 5.74) is 0.624. The highest BCUT2D eigenvalue weighted by Crippen LogP contribution is 2.32. The Bertz CT molecular complexity index is 658. The van der Waals surface area contributed by atoms with E-state index in [0.29, 0.717) is 17.1 Å². The van der Waals surface area contributed by atoms with E-state index in [0.717, 1.165) is 12.8 Å². The van der Waals surface area contributed by atoms with Crippen LogP contribution in [0.3, 0.4) is 0 Å². The van der Waals surface area contributed by atoms with Crippen LogP contribution in [0.5, 0.6) is 0 Å². The Morgan fingerprint density at radius 1 is 1.24 bits per heavy atom. The molecule has 1 atom stereocenters. The second kappa shape index (κ2) is 5.50. The molecule has 7 heteroatoms. The number of sulfone groups is 1. The molecule has 2 amide bonds. The van der Waals surface area contributed by atoms with Crippen LogP contribution in [0, 0.1) is 0 Å². The Balaban J connectivity index is 1.74. The molecule has 1 aliphatic carbocycles. The Morgan fingerprint density at radius 3 is 2.57 bits per heavy atom. The minimum atomic E-state index is -3.00. The van der Waals surface area contributed by atoms with Gasteiger partial charge in [-0.1, -0.05) is 17.7 Å². The van der Waals surface area contributed by atoms with Gasteiger partial charge in [0.1, 0.15) is 0 Å². The van der Waals surface area contributed by atoms with Gasteiger partial charge >= 0.3 is 6.03 Å². The van der Waals surface area contributed by atoms with Crippen LogP contribution in [-0.2, 0) is 9.84 Å². The van der Waals surface area contributed by atoms with Crippen molar-refractivity contribution in [1.82, 2.24) is 4.90 Å². The van der Waals surface area contributed by atoms with Gasteiger partial charge in [-0.15, -0.1) is 0 Å². The van der Waals surface area contributed by atoms with Crippen LogP contribution in [0.2, 0.25) is 5.02 Å². The molecular formula is C14H17ClN2O3S. The third-order valence-electron chi connectivity index (χ3n) is 3.85. The number of nitrogens with zero attached hydrogens (tertiary/aromatic N) is 1. The Morgan fingerprint density at radius 2 is 2.00 bits per heavy atom. The molecule has 0 spiro atoms. The van der Waals surface area contributed by atoms with Gasteiger partial charge in [-0.05, 0) is 37.5 Å². The molecule has 114 valence electrons.